The van der Waals surface area contributed by atoms with Gasteiger partial charge >= 0.3 is 12.1 Å². The number of fused-ring (bicyclic) bond motifs is 3. The van der Waals surface area contributed by atoms with Crippen molar-refractivity contribution in [1.82, 2.24) is 10.9 Å². The first-order valence-corrected chi connectivity index (χ1v) is 8.18. The fourth-order valence-corrected chi connectivity index (χ4v) is 3.04. The van der Waals surface area contributed by atoms with Gasteiger partial charge in [-0.25, -0.2) is 10.2 Å². The van der Waals surface area contributed by atoms with Crippen molar-refractivity contribution in [3.8, 4) is 11.1 Å². The summed E-state index contributed by atoms with van der Waals surface area (Å²) in [4.78, 5) is 33.6. The molecule has 0 unspecified atom stereocenters. The highest BCUT2D eigenvalue weighted by molar-refractivity contribution is 5.82. The molecule has 0 heterocycles. The summed E-state index contributed by atoms with van der Waals surface area (Å²) in [5.41, 5.74) is 8.68. The molecule has 0 saturated carbocycles. The lowest BCUT2D eigenvalue weighted by Crippen LogP contribution is -2.42. The van der Waals surface area contributed by atoms with Crippen LogP contribution in [0.15, 0.2) is 48.5 Å². The lowest BCUT2D eigenvalue weighted by molar-refractivity contribution is -0.138. The van der Waals surface area contributed by atoms with Crippen LogP contribution in [0.1, 0.15) is 29.9 Å². The van der Waals surface area contributed by atoms with Crippen molar-refractivity contribution in [1.29, 1.82) is 0 Å². The number of hydrazine groups is 1. The number of aliphatic carboxylic acids is 1. The van der Waals surface area contributed by atoms with Crippen molar-refractivity contribution in [3.05, 3.63) is 59.7 Å². The molecule has 2 amide bonds. The number of rotatable bonds is 5. The van der Waals surface area contributed by atoms with Gasteiger partial charge in [-0.3, -0.25) is 15.0 Å². The van der Waals surface area contributed by atoms with Gasteiger partial charge in [-0.1, -0.05) is 48.5 Å². The largest absolute Gasteiger partial charge is 0.481 e. The van der Waals surface area contributed by atoms with E-state index in [1.807, 2.05) is 48.5 Å². The third kappa shape index (κ3) is 3.83. The van der Waals surface area contributed by atoms with E-state index >= 15 is 0 Å². The molecule has 0 atom stereocenters. The number of carboxylic acids is 1. The number of carbonyl (C=O) groups excluding carboxylic acids is 2. The fraction of sp³-hybridized carbons (Fsp3) is 0.211. The average molecular weight is 354 g/mol. The second-order valence-electron chi connectivity index (χ2n) is 5.89. The van der Waals surface area contributed by atoms with Gasteiger partial charge in [0.05, 0.1) is 6.42 Å². The van der Waals surface area contributed by atoms with E-state index in [2.05, 4.69) is 10.9 Å². The molecule has 0 saturated heterocycles. The molecule has 3 N–H and O–H groups in total. The van der Waals surface area contributed by atoms with Crippen molar-refractivity contribution in [2.24, 2.45) is 0 Å². The number of hydrogen-bond acceptors (Lipinski definition) is 4. The summed E-state index contributed by atoms with van der Waals surface area (Å²) < 4.78 is 5.23. The summed E-state index contributed by atoms with van der Waals surface area (Å²) in [6.45, 7) is 0.130. The minimum atomic E-state index is -1.08. The predicted octanol–water partition coefficient (Wildman–Crippen LogP) is 2.42. The van der Waals surface area contributed by atoms with Crippen LogP contribution < -0.4 is 10.9 Å². The maximum Gasteiger partial charge on any atom is 0.426 e. The fourth-order valence-electron chi connectivity index (χ4n) is 3.04. The van der Waals surface area contributed by atoms with E-state index in [0.29, 0.717) is 0 Å². The number of hydrogen-bond donors (Lipinski definition) is 3. The number of benzene rings is 2. The minimum Gasteiger partial charge on any atom is -0.481 e. The van der Waals surface area contributed by atoms with Crippen molar-refractivity contribution in [2.45, 2.75) is 18.8 Å². The number of carboxylic acid groups (broad SMARTS) is 1. The highest BCUT2D eigenvalue weighted by Crippen LogP contribution is 2.44. The van der Waals surface area contributed by atoms with Gasteiger partial charge in [0.2, 0.25) is 5.91 Å². The number of nitrogens with one attached hydrogen (secondary N) is 2. The minimum absolute atomic E-state index is 0.0733. The zero-order valence-corrected chi connectivity index (χ0v) is 13.9. The Morgan fingerprint density at radius 3 is 2.04 bits per heavy atom. The van der Waals surface area contributed by atoms with Crippen molar-refractivity contribution >= 4 is 18.0 Å². The van der Waals surface area contributed by atoms with Crippen LogP contribution in [0.2, 0.25) is 0 Å². The molecule has 0 fully saturated rings. The monoisotopic (exact) mass is 354 g/mol. The first-order valence-electron chi connectivity index (χ1n) is 8.18. The summed E-state index contributed by atoms with van der Waals surface area (Å²) >= 11 is 0. The Kier molecular flexibility index (Phi) is 5.17. The van der Waals surface area contributed by atoms with Gasteiger partial charge in [-0.15, -0.1) is 0 Å². The van der Waals surface area contributed by atoms with E-state index in [0.717, 1.165) is 22.3 Å². The number of carbonyl (C=O) groups is 3. The van der Waals surface area contributed by atoms with E-state index in [4.69, 9.17) is 9.84 Å². The van der Waals surface area contributed by atoms with Crippen LogP contribution in [0.4, 0.5) is 4.79 Å². The first-order chi connectivity index (χ1) is 12.6. The molecule has 0 radical (unpaired) electrons. The molecular weight excluding hydrogens is 336 g/mol. The third-order valence-electron chi connectivity index (χ3n) is 4.21. The van der Waals surface area contributed by atoms with Crippen LogP contribution in [0.5, 0.6) is 0 Å². The van der Waals surface area contributed by atoms with E-state index in [1.165, 1.54) is 0 Å². The van der Waals surface area contributed by atoms with Crippen LogP contribution in [-0.4, -0.2) is 29.7 Å². The van der Waals surface area contributed by atoms with Crippen LogP contribution in [0, 0.1) is 0 Å². The molecule has 7 heteroatoms. The third-order valence-corrected chi connectivity index (χ3v) is 4.21. The summed E-state index contributed by atoms with van der Waals surface area (Å²) in [7, 11) is 0. The van der Waals surface area contributed by atoms with Crippen molar-refractivity contribution < 1.29 is 24.2 Å². The van der Waals surface area contributed by atoms with Crippen LogP contribution in [0.25, 0.3) is 11.1 Å². The topological polar surface area (TPSA) is 105 Å². The van der Waals surface area contributed by atoms with Gasteiger partial charge in [-0.2, -0.15) is 0 Å². The van der Waals surface area contributed by atoms with Crippen molar-refractivity contribution in [2.75, 3.05) is 6.61 Å². The van der Waals surface area contributed by atoms with Gasteiger partial charge in [0.25, 0.3) is 0 Å². The Morgan fingerprint density at radius 2 is 1.46 bits per heavy atom. The SMILES string of the molecule is O=C(O)CCC(=O)NNC(=O)OCC1c2ccccc2-c2ccccc21. The molecule has 0 aromatic heterocycles. The summed E-state index contributed by atoms with van der Waals surface area (Å²) in [5, 5.41) is 8.51. The smallest absolute Gasteiger partial charge is 0.426 e. The first kappa shape index (κ1) is 17.5. The van der Waals surface area contributed by atoms with Crippen LogP contribution in [-0.2, 0) is 14.3 Å². The van der Waals surface area contributed by atoms with Crippen molar-refractivity contribution in [3.63, 3.8) is 0 Å². The lowest BCUT2D eigenvalue weighted by Gasteiger charge is -2.14. The standard InChI is InChI=1S/C19H18N2O5/c22-17(9-10-18(23)24)20-21-19(25)26-11-16-14-7-3-1-5-12(14)13-6-2-4-8-15(13)16/h1-8,16H,9-11H2,(H,20,22)(H,21,25)(H,23,24). The molecule has 2 aromatic rings. The Balaban J connectivity index is 1.57. The van der Waals surface area contributed by atoms with Gasteiger partial charge in [-0.05, 0) is 22.3 Å². The van der Waals surface area contributed by atoms with E-state index in [9.17, 15) is 14.4 Å². The Hall–Kier alpha value is -3.35. The second kappa shape index (κ2) is 7.69. The molecule has 1 aliphatic carbocycles. The van der Waals surface area contributed by atoms with Gasteiger partial charge in [0.1, 0.15) is 6.61 Å². The Bertz CT molecular complexity index is 804. The molecule has 1 aliphatic rings. The molecule has 0 bridgehead atoms. The lowest BCUT2D eigenvalue weighted by atomic mass is 9.98. The zero-order valence-electron chi connectivity index (χ0n) is 13.9. The average Bonchev–Trinajstić information content (AvgIpc) is 2.97. The quantitative estimate of drug-likeness (QED) is 0.715. The van der Waals surface area contributed by atoms with Gasteiger partial charge < -0.3 is 9.84 Å². The molecule has 0 aliphatic heterocycles. The second-order valence-corrected chi connectivity index (χ2v) is 5.89. The Morgan fingerprint density at radius 1 is 0.885 bits per heavy atom. The maximum absolute atomic E-state index is 11.8. The summed E-state index contributed by atoms with van der Waals surface area (Å²) in [6, 6.07) is 15.9. The molecule has 134 valence electrons. The summed E-state index contributed by atoms with van der Waals surface area (Å²) in [5.74, 6) is -1.75. The maximum atomic E-state index is 11.8. The number of amides is 2. The van der Waals surface area contributed by atoms with Gasteiger partial charge in [0.15, 0.2) is 0 Å². The van der Waals surface area contributed by atoms with Gasteiger partial charge in [0, 0.05) is 12.3 Å². The molecule has 7 nitrogen and oxygen atoms in total. The molecular formula is C19H18N2O5. The van der Waals surface area contributed by atoms with E-state index in [-0.39, 0.29) is 25.4 Å². The molecule has 2 aromatic carbocycles. The highest BCUT2D eigenvalue weighted by atomic mass is 16.6. The molecule has 3 rings (SSSR count). The van der Waals surface area contributed by atoms with Crippen LogP contribution >= 0.6 is 0 Å². The van der Waals surface area contributed by atoms with E-state index in [1.54, 1.807) is 0 Å². The zero-order chi connectivity index (χ0) is 18.5. The molecule has 26 heavy (non-hydrogen) atoms. The normalized spacial score (nSPS) is 12.0. The Labute approximate surface area is 149 Å². The number of ether oxygens (including phenoxy) is 1. The predicted molar refractivity (Wildman–Crippen MR) is 93.2 cm³/mol. The van der Waals surface area contributed by atoms with E-state index < -0.39 is 18.0 Å². The molecule has 0 spiro atoms. The van der Waals surface area contributed by atoms with Crippen LogP contribution in [0.3, 0.4) is 0 Å². The highest BCUT2D eigenvalue weighted by Gasteiger charge is 2.28. The summed E-state index contributed by atoms with van der Waals surface area (Å²) in [6.07, 6.45) is -1.33.